The first kappa shape index (κ1) is 21.0. The average molecular weight is 377 g/mol. The molecule has 0 bridgehead atoms. The van der Waals surface area contributed by atoms with Gasteiger partial charge in [-0.2, -0.15) is 0 Å². The summed E-state index contributed by atoms with van der Waals surface area (Å²) in [5.74, 6) is 0.986. The Kier molecular flexibility index (Phi) is 7.47. The molecule has 3 amide bonds. The number of amides is 3. The molecule has 1 aromatic carbocycles. The molecule has 0 saturated carbocycles. The fraction of sp³-hybridized carbons (Fsp3) is 0.600. The lowest BCUT2D eigenvalue weighted by Crippen LogP contribution is -2.48. The number of benzene rings is 1. The Balaban J connectivity index is 1.93. The van der Waals surface area contributed by atoms with E-state index in [1.54, 1.807) is 31.0 Å². The van der Waals surface area contributed by atoms with E-state index in [-0.39, 0.29) is 23.9 Å². The van der Waals surface area contributed by atoms with Gasteiger partial charge in [0.05, 0.1) is 13.2 Å². The van der Waals surface area contributed by atoms with Crippen molar-refractivity contribution in [3.05, 3.63) is 29.8 Å². The van der Waals surface area contributed by atoms with E-state index in [0.717, 1.165) is 11.3 Å². The summed E-state index contributed by atoms with van der Waals surface area (Å²) in [6.07, 6.45) is 1.43. The van der Waals surface area contributed by atoms with E-state index in [4.69, 9.17) is 4.74 Å². The smallest absolute Gasteiger partial charge is 0.317 e. The van der Waals surface area contributed by atoms with Gasteiger partial charge in [0.15, 0.2) is 0 Å². The molecule has 0 aliphatic carbocycles. The second-order valence-electron chi connectivity index (χ2n) is 7.40. The number of nitrogens with one attached hydrogen (secondary N) is 1. The molecule has 1 heterocycles. The van der Waals surface area contributed by atoms with Crippen LogP contribution < -0.4 is 10.1 Å². The fourth-order valence-electron chi connectivity index (χ4n) is 3.50. The maximum absolute atomic E-state index is 12.6. The third kappa shape index (κ3) is 5.35. The summed E-state index contributed by atoms with van der Waals surface area (Å²) < 4.78 is 5.47. The number of likely N-dealkylation sites (N-methyl/N-ethyl adjacent to an activating group) is 1. The number of para-hydroxylation sites is 1. The minimum atomic E-state index is -0.0764. The van der Waals surface area contributed by atoms with Crippen molar-refractivity contribution < 1.29 is 14.3 Å². The summed E-state index contributed by atoms with van der Waals surface area (Å²) in [4.78, 5) is 30.2. The fourth-order valence-corrected chi connectivity index (χ4v) is 3.50. The Bertz CT molecular complexity index is 640. The van der Waals surface area contributed by atoms with Crippen molar-refractivity contribution in [1.82, 2.24) is 20.0 Å². The molecular formula is C20H32N4O3. The maximum Gasteiger partial charge on any atom is 0.317 e. The van der Waals surface area contributed by atoms with Gasteiger partial charge < -0.3 is 24.8 Å². The molecule has 1 N–H and O–H groups in total. The molecule has 1 saturated heterocycles. The predicted molar refractivity (Wildman–Crippen MR) is 106 cm³/mol. The summed E-state index contributed by atoms with van der Waals surface area (Å²) in [5.41, 5.74) is 1.04. The van der Waals surface area contributed by atoms with Crippen LogP contribution in [0.25, 0.3) is 0 Å². The second kappa shape index (κ2) is 9.60. The standard InChI is InChI=1S/C20H32N4O3/c1-22(2)17(16-8-6-7-9-18(16)27-5)14-21-20(26)24-12-10-15(11-13-24)19(25)23(3)4/h6-9,15,17H,10-14H2,1-5H3,(H,21,26). The van der Waals surface area contributed by atoms with Gasteiger partial charge >= 0.3 is 6.03 Å². The Morgan fingerprint density at radius 1 is 1.19 bits per heavy atom. The highest BCUT2D eigenvalue weighted by atomic mass is 16.5. The summed E-state index contributed by atoms with van der Waals surface area (Å²) in [6, 6.07) is 7.80. The molecule has 150 valence electrons. The van der Waals surface area contributed by atoms with Gasteiger partial charge in [0.2, 0.25) is 5.91 Å². The number of nitrogens with zero attached hydrogens (tertiary/aromatic N) is 3. The van der Waals surface area contributed by atoms with Gasteiger partial charge in [-0.3, -0.25) is 4.79 Å². The first-order valence-corrected chi connectivity index (χ1v) is 9.38. The van der Waals surface area contributed by atoms with E-state index in [0.29, 0.717) is 32.5 Å². The zero-order chi connectivity index (χ0) is 20.0. The molecule has 1 aliphatic rings. The Morgan fingerprint density at radius 2 is 1.81 bits per heavy atom. The third-order valence-corrected chi connectivity index (χ3v) is 5.14. The molecule has 7 heteroatoms. The van der Waals surface area contributed by atoms with E-state index in [9.17, 15) is 9.59 Å². The van der Waals surface area contributed by atoms with Crippen LogP contribution in [0.15, 0.2) is 24.3 Å². The maximum atomic E-state index is 12.6. The average Bonchev–Trinajstić information content (AvgIpc) is 2.67. The van der Waals surface area contributed by atoms with Crippen molar-refractivity contribution in [3.63, 3.8) is 0 Å². The number of rotatable bonds is 6. The predicted octanol–water partition coefficient (Wildman–Crippen LogP) is 1.81. The van der Waals surface area contributed by atoms with Crippen molar-refractivity contribution in [3.8, 4) is 5.75 Å². The molecule has 1 atom stereocenters. The van der Waals surface area contributed by atoms with Crippen molar-refractivity contribution in [2.45, 2.75) is 18.9 Å². The SMILES string of the molecule is COc1ccccc1C(CNC(=O)N1CCC(C(=O)N(C)C)CC1)N(C)C. The highest BCUT2D eigenvalue weighted by Crippen LogP contribution is 2.27. The summed E-state index contributed by atoms with van der Waals surface area (Å²) in [6.45, 7) is 1.71. The minimum absolute atomic E-state index is 0.0120. The van der Waals surface area contributed by atoms with Crippen LogP contribution in [-0.2, 0) is 4.79 Å². The van der Waals surface area contributed by atoms with Crippen LogP contribution in [0.5, 0.6) is 5.75 Å². The summed E-state index contributed by atoms with van der Waals surface area (Å²) in [5, 5.41) is 3.04. The lowest BCUT2D eigenvalue weighted by atomic mass is 9.96. The second-order valence-corrected chi connectivity index (χ2v) is 7.40. The number of urea groups is 1. The molecular weight excluding hydrogens is 344 g/mol. The monoisotopic (exact) mass is 376 g/mol. The number of carbonyl (C=O) groups excluding carboxylic acids is 2. The van der Waals surface area contributed by atoms with Crippen LogP contribution in [-0.4, -0.2) is 81.6 Å². The number of ether oxygens (including phenoxy) is 1. The molecule has 1 aromatic rings. The van der Waals surface area contributed by atoms with Crippen LogP contribution in [0.3, 0.4) is 0 Å². The van der Waals surface area contributed by atoms with Crippen molar-refractivity contribution >= 4 is 11.9 Å². The third-order valence-electron chi connectivity index (χ3n) is 5.14. The Morgan fingerprint density at radius 3 is 2.37 bits per heavy atom. The van der Waals surface area contributed by atoms with Crippen molar-refractivity contribution in [2.24, 2.45) is 5.92 Å². The minimum Gasteiger partial charge on any atom is -0.496 e. The Hall–Kier alpha value is -2.28. The molecule has 1 fully saturated rings. The van der Waals surface area contributed by atoms with E-state index in [2.05, 4.69) is 10.2 Å². The van der Waals surface area contributed by atoms with Crippen molar-refractivity contribution in [1.29, 1.82) is 0 Å². The van der Waals surface area contributed by atoms with Crippen LogP contribution in [0.1, 0.15) is 24.4 Å². The molecule has 1 unspecified atom stereocenters. The lowest BCUT2D eigenvalue weighted by Gasteiger charge is -2.33. The number of hydrogen-bond acceptors (Lipinski definition) is 4. The van der Waals surface area contributed by atoms with Gasteiger partial charge in [0, 0.05) is 45.2 Å². The van der Waals surface area contributed by atoms with Gasteiger partial charge in [-0.1, -0.05) is 18.2 Å². The largest absolute Gasteiger partial charge is 0.496 e. The summed E-state index contributed by atoms with van der Waals surface area (Å²) >= 11 is 0. The molecule has 27 heavy (non-hydrogen) atoms. The molecule has 2 rings (SSSR count). The van der Waals surface area contributed by atoms with E-state index in [1.807, 2.05) is 38.4 Å². The normalized spacial score (nSPS) is 16.1. The first-order chi connectivity index (χ1) is 12.8. The topological polar surface area (TPSA) is 65.1 Å². The van der Waals surface area contributed by atoms with Crippen LogP contribution >= 0.6 is 0 Å². The lowest BCUT2D eigenvalue weighted by molar-refractivity contribution is -0.134. The number of carbonyl (C=O) groups is 2. The molecule has 0 aromatic heterocycles. The molecule has 7 nitrogen and oxygen atoms in total. The van der Waals surface area contributed by atoms with Gasteiger partial charge in [0.1, 0.15) is 5.75 Å². The van der Waals surface area contributed by atoms with E-state index < -0.39 is 0 Å². The van der Waals surface area contributed by atoms with Gasteiger partial charge in [-0.15, -0.1) is 0 Å². The molecule has 0 spiro atoms. The van der Waals surface area contributed by atoms with Gasteiger partial charge in [-0.05, 0) is 33.0 Å². The van der Waals surface area contributed by atoms with Crippen LogP contribution in [0.2, 0.25) is 0 Å². The molecule has 0 radical (unpaired) electrons. The number of likely N-dealkylation sites (tertiary alicyclic amines) is 1. The molecule has 1 aliphatic heterocycles. The van der Waals surface area contributed by atoms with Gasteiger partial charge in [0.25, 0.3) is 0 Å². The van der Waals surface area contributed by atoms with E-state index in [1.165, 1.54) is 0 Å². The number of methoxy groups -OCH3 is 1. The Labute approximate surface area is 162 Å². The number of hydrogen-bond donors (Lipinski definition) is 1. The number of piperidine rings is 1. The highest BCUT2D eigenvalue weighted by Gasteiger charge is 2.28. The van der Waals surface area contributed by atoms with Crippen LogP contribution in [0, 0.1) is 5.92 Å². The first-order valence-electron chi connectivity index (χ1n) is 9.38. The van der Waals surface area contributed by atoms with Crippen molar-refractivity contribution in [2.75, 3.05) is 54.9 Å². The summed E-state index contributed by atoms with van der Waals surface area (Å²) in [7, 11) is 9.19. The van der Waals surface area contributed by atoms with Gasteiger partial charge in [-0.25, -0.2) is 4.79 Å². The highest BCUT2D eigenvalue weighted by molar-refractivity contribution is 5.79. The zero-order valence-corrected chi connectivity index (χ0v) is 17.1. The zero-order valence-electron chi connectivity index (χ0n) is 17.1. The quantitative estimate of drug-likeness (QED) is 0.822. The van der Waals surface area contributed by atoms with E-state index >= 15 is 0 Å². The van der Waals surface area contributed by atoms with Crippen LogP contribution in [0.4, 0.5) is 4.79 Å².